The number of benzene rings is 2. The highest BCUT2D eigenvalue weighted by molar-refractivity contribution is 5.89. The molecule has 23 heavy (non-hydrogen) atoms. The Balaban J connectivity index is 1.45. The molecule has 2 amide bonds. The fourth-order valence-electron chi connectivity index (χ4n) is 2.82. The van der Waals surface area contributed by atoms with Crippen molar-refractivity contribution in [2.45, 2.75) is 6.42 Å². The number of carbonyl (C=O) groups is 1. The summed E-state index contributed by atoms with van der Waals surface area (Å²) < 4.78 is 13.0. The normalized spacial score (nSPS) is 17.1. The van der Waals surface area contributed by atoms with E-state index in [0.29, 0.717) is 12.5 Å². The Morgan fingerprint density at radius 2 is 1.87 bits per heavy atom. The summed E-state index contributed by atoms with van der Waals surface area (Å²) in [5.74, 6) is 0.185. The van der Waals surface area contributed by atoms with Crippen molar-refractivity contribution < 1.29 is 9.18 Å². The molecule has 2 aromatic carbocycles. The van der Waals surface area contributed by atoms with Crippen LogP contribution in [0.25, 0.3) is 0 Å². The maximum Gasteiger partial charge on any atom is 0.319 e. The number of para-hydroxylation sites is 1. The van der Waals surface area contributed by atoms with Crippen molar-refractivity contribution in [2.75, 3.05) is 29.9 Å². The largest absolute Gasteiger partial charge is 0.371 e. The molecule has 5 heteroatoms. The van der Waals surface area contributed by atoms with Gasteiger partial charge >= 0.3 is 6.03 Å². The molecule has 1 aliphatic rings. The van der Waals surface area contributed by atoms with E-state index in [-0.39, 0.29) is 11.8 Å². The molecular weight excluding hydrogens is 293 g/mol. The molecule has 0 spiro atoms. The van der Waals surface area contributed by atoms with Gasteiger partial charge in [0.1, 0.15) is 5.82 Å². The number of urea groups is 1. The maximum absolute atomic E-state index is 13.0. The minimum Gasteiger partial charge on any atom is -0.371 e. The molecule has 0 bridgehead atoms. The van der Waals surface area contributed by atoms with Crippen molar-refractivity contribution in [1.82, 2.24) is 5.32 Å². The van der Waals surface area contributed by atoms with Crippen molar-refractivity contribution in [2.24, 2.45) is 5.92 Å². The van der Waals surface area contributed by atoms with Crippen LogP contribution in [0.3, 0.4) is 0 Å². The van der Waals surface area contributed by atoms with E-state index in [2.05, 4.69) is 15.5 Å². The SMILES string of the molecule is O=C(NC[C@H]1CCN(c2ccc(F)cc2)C1)Nc1ccccc1. The fourth-order valence-corrected chi connectivity index (χ4v) is 2.82. The minimum atomic E-state index is -0.219. The van der Waals surface area contributed by atoms with Gasteiger partial charge in [-0.3, -0.25) is 0 Å². The monoisotopic (exact) mass is 313 g/mol. The lowest BCUT2D eigenvalue weighted by Crippen LogP contribution is -2.34. The first-order chi connectivity index (χ1) is 11.2. The van der Waals surface area contributed by atoms with Crippen LogP contribution in [0.5, 0.6) is 0 Å². The second-order valence-corrected chi connectivity index (χ2v) is 5.78. The van der Waals surface area contributed by atoms with Crippen LogP contribution in [0.15, 0.2) is 54.6 Å². The van der Waals surface area contributed by atoms with Gasteiger partial charge in [0.15, 0.2) is 0 Å². The van der Waals surface area contributed by atoms with Gasteiger partial charge in [0.25, 0.3) is 0 Å². The van der Waals surface area contributed by atoms with Crippen LogP contribution in [0.1, 0.15) is 6.42 Å². The van der Waals surface area contributed by atoms with Crippen LogP contribution in [0.4, 0.5) is 20.6 Å². The first-order valence-corrected chi connectivity index (χ1v) is 7.81. The van der Waals surface area contributed by atoms with Gasteiger partial charge in [-0.25, -0.2) is 9.18 Å². The number of anilines is 2. The highest BCUT2D eigenvalue weighted by Gasteiger charge is 2.23. The summed E-state index contributed by atoms with van der Waals surface area (Å²) in [6.07, 6.45) is 1.02. The number of rotatable bonds is 4. The number of hydrogen-bond donors (Lipinski definition) is 2. The minimum absolute atomic E-state index is 0.184. The van der Waals surface area contributed by atoms with Gasteiger partial charge in [0.2, 0.25) is 0 Å². The summed E-state index contributed by atoms with van der Waals surface area (Å²) in [7, 11) is 0. The topological polar surface area (TPSA) is 44.4 Å². The zero-order valence-electron chi connectivity index (χ0n) is 12.8. The zero-order valence-corrected chi connectivity index (χ0v) is 12.8. The molecule has 120 valence electrons. The Kier molecular flexibility index (Phi) is 4.76. The number of nitrogens with one attached hydrogen (secondary N) is 2. The fraction of sp³-hybridized carbons (Fsp3) is 0.278. The Labute approximate surface area is 135 Å². The van der Waals surface area contributed by atoms with Crippen LogP contribution in [0, 0.1) is 11.7 Å². The molecule has 0 radical (unpaired) electrons. The third kappa shape index (κ3) is 4.22. The predicted octanol–water partition coefficient (Wildman–Crippen LogP) is 3.47. The van der Waals surface area contributed by atoms with Crippen molar-refractivity contribution >= 4 is 17.4 Å². The van der Waals surface area contributed by atoms with E-state index in [4.69, 9.17) is 0 Å². The Morgan fingerprint density at radius 3 is 2.61 bits per heavy atom. The molecule has 0 aliphatic carbocycles. The Morgan fingerprint density at radius 1 is 1.13 bits per heavy atom. The average Bonchev–Trinajstić information content (AvgIpc) is 3.04. The first kappa shape index (κ1) is 15.3. The summed E-state index contributed by atoms with van der Waals surface area (Å²) in [5.41, 5.74) is 1.81. The summed E-state index contributed by atoms with van der Waals surface area (Å²) in [6, 6.07) is 15.8. The average molecular weight is 313 g/mol. The van der Waals surface area contributed by atoms with Crippen LogP contribution < -0.4 is 15.5 Å². The summed E-state index contributed by atoms with van der Waals surface area (Å²) >= 11 is 0. The number of hydrogen-bond acceptors (Lipinski definition) is 2. The predicted molar refractivity (Wildman–Crippen MR) is 90.2 cm³/mol. The molecule has 0 saturated carbocycles. The van der Waals surface area contributed by atoms with Crippen molar-refractivity contribution in [1.29, 1.82) is 0 Å². The number of carbonyl (C=O) groups excluding carboxylic acids is 1. The third-order valence-electron chi connectivity index (χ3n) is 4.06. The summed E-state index contributed by atoms with van der Waals surface area (Å²) in [4.78, 5) is 14.1. The Hall–Kier alpha value is -2.56. The van der Waals surface area contributed by atoms with E-state index in [1.54, 1.807) is 12.1 Å². The Bertz CT molecular complexity index is 645. The van der Waals surface area contributed by atoms with Gasteiger partial charge in [-0.1, -0.05) is 18.2 Å². The summed E-state index contributed by atoms with van der Waals surface area (Å²) in [6.45, 7) is 2.44. The van der Waals surface area contributed by atoms with Crippen LogP contribution in [0.2, 0.25) is 0 Å². The van der Waals surface area contributed by atoms with E-state index < -0.39 is 0 Å². The van der Waals surface area contributed by atoms with E-state index >= 15 is 0 Å². The zero-order chi connectivity index (χ0) is 16.1. The van der Waals surface area contributed by atoms with Gasteiger partial charge in [0.05, 0.1) is 0 Å². The van der Waals surface area contributed by atoms with Crippen molar-refractivity contribution in [3.8, 4) is 0 Å². The highest BCUT2D eigenvalue weighted by atomic mass is 19.1. The number of nitrogens with zero attached hydrogens (tertiary/aromatic N) is 1. The third-order valence-corrected chi connectivity index (χ3v) is 4.06. The van der Waals surface area contributed by atoms with E-state index in [0.717, 1.165) is 30.9 Å². The highest BCUT2D eigenvalue weighted by Crippen LogP contribution is 2.23. The molecule has 2 aromatic rings. The quantitative estimate of drug-likeness (QED) is 0.908. The van der Waals surface area contributed by atoms with E-state index in [1.807, 2.05) is 30.3 Å². The molecule has 1 heterocycles. The molecule has 2 N–H and O–H groups in total. The lowest BCUT2D eigenvalue weighted by Gasteiger charge is -2.19. The summed E-state index contributed by atoms with van der Waals surface area (Å²) in [5, 5.41) is 5.73. The molecule has 1 aliphatic heterocycles. The molecule has 1 atom stereocenters. The van der Waals surface area contributed by atoms with Crippen LogP contribution in [-0.2, 0) is 0 Å². The maximum atomic E-state index is 13.0. The smallest absolute Gasteiger partial charge is 0.319 e. The van der Waals surface area contributed by atoms with Gasteiger partial charge in [-0.05, 0) is 48.7 Å². The van der Waals surface area contributed by atoms with Crippen LogP contribution in [-0.4, -0.2) is 25.7 Å². The molecule has 1 saturated heterocycles. The molecule has 0 unspecified atom stereocenters. The molecule has 0 aromatic heterocycles. The van der Waals surface area contributed by atoms with Gasteiger partial charge in [-0.2, -0.15) is 0 Å². The second kappa shape index (κ2) is 7.13. The number of amides is 2. The van der Waals surface area contributed by atoms with E-state index in [9.17, 15) is 9.18 Å². The molecule has 4 nitrogen and oxygen atoms in total. The molecular formula is C18H20FN3O. The lowest BCUT2D eigenvalue weighted by molar-refractivity contribution is 0.250. The lowest BCUT2D eigenvalue weighted by atomic mass is 10.1. The van der Waals surface area contributed by atoms with Gasteiger partial charge < -0.3 is 15.5 Å². The van der Waals surface area contributed by atoms with Crippen molar-refractivity contribution in [3.05, 3.63) is 60.4 Å². The van der Waals surface area contributed by atoms with Crippen LogP contribution >= 0.6 is 0 Å². The molecule has 3 rings (SSSR count). The first-order valence-electron chi connectivity index (χ1n) is 7.81. The van der Waals surface area contributed by atoms with E-state index in [1.165, 1.54) is 12.1 Å². The second-order valence-electron chi connectivity index (χ2n) is 5.78. The van der Waals surface area contributed by atoms with Crippen molar-refractivity contribution in [3.63, 3.8) is 0 Å². The standard InChI is InChI=1S/C18H20FN3O/c19-15-6-8-17(9-7-15)22-11-10-14(13-22)12-20-18(23)21-16-4-2-1-3-5-16/h1-9,14H,10-13H2,(H2,20,21,23)/t14-/m1/s1. The molecule has 1 fully saturated rings. The van der Waals surface area contributed by atoms with Gasteiger partial charge in [0, 0.05) is 31.0 Å². The van der Waals surface area contributed by atoms with Gasteiger partial charge in [-0.15, -0.1) is 0 Å². The number of halogens is 1.